The molecule has 156 valence electrons. The van der Waals surface area contributed by atoms with Crippen molar-refractivity contribution < 1.29 is 13.2 Å². The third-order valence-electron chi connectivity index (χ3n) is 5.18. The summed E-state index contributed by atoms with van der Waals surface area (Å²) in [5, 5.41) is 3.77. The van der Waals surface area contributed by atoms with Crippen molar-refractivity contribution in [2.75, 3.05) is 11.9 Å². The Morgan fingerprint density at radius 1 is 1.03 bits per heavy atom. The lowest BCUT2D eigenvalue weighted by Gasteiger charge is -2.33. The first-order valence-electron chi connectivity index (χ1n) is 9.61. The number of aryl methyl sites for hydroxylation is 1. The lowest BCUT2D eigenvalue weighted by atomic mass is 9.95. The fourth-order valence-electron chi connectivity index (χ4n) is 3.58. The molecule has 2 aromatic rings. The molecule has 0 radical (unpaired) electrons. The Morgan fingerprint density at radius 2 is 1.66 bits per heavy atom. The van der Waals surface area contributed by atoms with Gasteiger partial charge >= 0.3 is 0 Å². The number of carbonyl (C=O) groups excluding carboxylic acids is 1. The number of nitrogens with zero attached hydrogens (tertiary/aromatic N) is 1. The molecule has 1 saturated carbocycles. The molecule has 8 heteroatoms. The first-order chi connectivity index (χ1) is 13.8. The van der Waals surface area contributed by atoms with E-state index in [1.54, 1.807) is 30.3 Å². The second-order valence-corrected chi connectivity index (χ2v) is 10.1. The van der Waals surface area contributed by atoms with Gasteiger partial charge in [0.1, 0.15) is 0 Å². The Kier molecular flexibility index (Phi) is 7.22. The molecule has 0 saturated heterocycles. The lowest BCUT2D eigenvalue weighted by molar-refractivity contribution is -0.116. The Morgan fingerprint density at radius 3 is 2.31 bits per heavy atom. The van der Waals surface area contributed by atoms with Crippen molar-refractivity contribution in [3.8, 4) is 0 Å². The quantitative estimate of drug-likeness (QED) is 0.646. The summed E-state index contributed by atoms with van der Waals surface area (Å²) in [6, 6.07) is 11.1. The zero-order chi connectivity index (χ0) is 21.0. The maximum Gasteiger partial charge on any atom is 0.243 e. The Bertz CT molecular complexity index is 972. The number of amides is 1. The fraction of sp³-hybridized carbons (Fsp3) is 0.381. The van der Waals surface area contributed by atoms with E-state index < -0.39 is 15.9 Å². The highest BCUT2D eigenvalue weighted by atomic mass is 35.5. The average molecular weight is 455 g/mol. The summed E-state index contributed by atoms with van der Waals surface area (Å²) in [6.07, 6.45) is 4.48. The molecule has 1 aliphatic rings. The van der Waals surface area contributed by atoms with Crippen LogP contribution in [0.25, 0.3) is 0 Å². The highest BCUT2D eigenvalue weighted by molar-refractivity contribution is 7.89. The molecular weight excluding hydrogens is 431 g/mol. The summed E-state index contributed by atoms with van der Waals surface area (Å²) >= 11 is 11.9. The maximum absolute atomic E-state index is 13.3. The molecule has 0 spiro atoms. The summed E-state index contributed by atoms with van der Waals surface area (Å²) in [6.45, 7) is 1.61. The zero-order valence-corrected chi connectivity index (χ0v) is 18.5. The van der Waals surface area contributed by atoms with Crippen LogP contribution in [-0.2, 0) is 14.8 Å². The van der Waals surface area contributed by atoms with Gasteiger partial charge in [-0.25, -0.2) is 8.42 Å². The zero-order valence-electron chi connectivity index (χ0n) is 16.2. The van der Waals surface area contributed by atoms with Crippen molar-refractivity contribution in [2.45, 2.75) is 50.0 Å². The number of benzene rings is 2. The van der Waals surface area contributed by atoms with Crippen molar-refractivity contribution in [1.29, 1.82) is 0 Å². The standard InChI is InChI=1S/C21H24Cl2N2O3S/c1-15-7-8-17(23)13-20(15)24-21(26)14-25(18-5-3-2-4-6-18)29(27,28)19-11-9-16(22)10-12-19/h7-13,18H,2-6,14H2,1H3,(H,24,26). The molecule has 1 aliphatic carbocycles. The molecule has 1 amide bonds. The van der Waals surface area contributed by atoms with Gasteiger partial charge in [0.25, 0.3) is 0 Å². The Labute approximate surface area is 182 Å². The predicted octanol–water partition coefficient (Wildman–Crippen LogP) is 5.26. The van der Waals surface area contributed by atoms with E-state index in [1.807, 2.05) is 6.92 Å². The normalized spacial score (nSPS) is 15.4. The smallest absolute Gasteiger partial charge is 0.243 e. The molecule has 29 heavy (non-hydrogen) atoms. The summed E-state index contributed by atoms with van der Waals surface area (Å²) in [5.74, 6) is -0.390. The first kappa shape index (κ1) is 22.1. The number of rotatable bonds is 6. The second kappa shape index (κ2) is 9.47. The van der Waals surface area contributed by atoms with Gasteiger partial charge in [-0.05, 0) is 61.7 Å². The van der Waals surface area contributed by atoms with Crippen LogP contribution in [0.5, 0.6) is 0 Å². The van der Waals surface area contributed by atoms with E-state index in [0.717, 1.165) is 37.7 Å². The van der Waals surface area contributed by atoms with Gasteiger partial charge in [-0.2, -0.15) is 4.31 Å². The molecule has 0 aliphatic heterocycles. The molecule has 5 nitrogen and oxygen atoms in total. The van der Waals surface area contributed by atoms with Gasteiger partial charge in [0.2, 0.25) is 15.9 Å². The van der Waals surface area contributed by atoms with E-state index in [4.69, 9.17) is 23.2 Å². The van der Waals surface area contributed by atoms with E-state index >= 15 is 0 Å². The van der Waals surface area contributed by atoms with Crippen LogP contribution in [0.1, 0.15) is 37.7 Å². The largest absolute Gasteiger partial charge is 0.325 e. The Balaban J connectivity index is 1.86. The third-order valence-corrected chi connectivity index (χ3v) is 7.58. The monoisotopic (exact) mass is 454 g/mol. The van der Waals surface area contributed by atoms with Gasteiger partial charge in [0.05, 0.1) is 11.4 Å². The maximum atomic E-state index is 13.3. The predicted molar refractivity (Wildman–Crippen MR) is 117 cm³/mol. The number of hydrogen-bond donors (Lipinski definition) is 1. The average Bonchev–Trinajstić information content (AvgIpc) is 2.70. The van der Waals surface area contributed by atoms with Gasteiger partial charge in [0.15, 0.2) is 0 Å². The highest BCUT2D eigenvalue weighted by Crippen LogP contribution is 2.28. The topological polar surface area (TPSA) is 66.5 Å². The summed E-state index contributed by atoms with van der Waals surface area (Å²) in [4.78, 5) is 12.9. The van der Waals surface area contributed by atoms with E-state index in [-0.39, 0.29) is 17.5 Å². The number of halogens is 2. The van der Waals surface area contributed by atoms with Crippen LogP contribution in [0.15, 0.2) is 47.4 Å². The van der Waals surface area contributed by atoms with Gasteiger partial charge in [-0.1, -0.05) is 48.5 Å². The molecule has 0 atom stereocenters. The van der Waals surface area contributed by atoms with Crippen LogP contribution in [-0.4, -0.2) is 31.2 Å². The molecule has 1 fully saturated rings. The molecule has 0 bridgehead atoms. The number of carbonyl (C=O) groups is 1. The van der Waals surface area contributed by atoms with Crippen molar-refractivity contribution in [3.05, 3.63) is 58.1 Å². The number of sulfonamides is 1. The van der Waals surface area contributed by atoms with Crippen LogP contribution in [0.4, 0.5) is 5.69 Å². The van der Waals surface area contributed by atoms with E-state index in [2.05, 4.69) is 5.32 Å². The fourth-order valence-corrected chi connectivity index (χ4v) is 5.52. The van der Waals surface area contributed by atoms with E-state index in [0.29, 0.717) is 15.7 Å². The van der Waals surface area contributed by atoms with Crippen LogP contribution >= 0.6 is 23.2 Å². The minimum atomic E-state index is -3.84. The van der Waals surface area contributed by atoms with E-state index in [9.17, 15) is 13.2 Å². The molecule has 2 aromatic carbocycles. The third kappa shape index (κ3) is 5.51. The molecule has 1 N–H and O–H groups in total. The summed E-state index contributed by atoms with van der Waals surface area (Å²) in [7, 11) is -3.84. The van der Waals surface area contributed by atoms with E-state index in [1.165, 1.54) is 16.4 Å². The second-order valence-electron chi connectivity index (χ2n) is 7.30. The highest BCUT2D eigenvalue weighted by Gasteiger charge is 2.34. The number of anilines is 1. The first-order valence-corrected chi connectivity index (χ1v) is 11.8. The number of hydrogen-bond acceptors (Lipinski definition) is 3. The van der Waals surface area contributed by atoms with Crippen LogP contribution in [0, 0.1) is 6.92 Å². The van der Waals surface area contributed by atoms with Crippen LogP contribution in [0.3, 0.4) is 0 Å². The molecule has 0 aromatic heterocycles. The minimum absolute atomic E-state index is 0.138. The number of nitrogens with one attached hydrogen (secondary N) is 1. The summed E-state index contributed by atoms with van der Waals surface area (Å²) in [5.41, 5.74) is 1.43. The lowest BCUT2D eigenvalue weighted by Crippen LogP contribution is -2.45. The van der Waals surface area contributed by atoms with Crippen LogP contribution in [0.2, 0.25) is 10.0 Å². The van der Waals surface area contributed by atoms with Crippen LogP contribution < -0.4 is 5.32 Å². The van der Waals surface area contributed by atoms with Gasteiger partial charge in [-0.3, -0.25) is 4.79 Å². The minimum Gasteiger partial charge on any atom is -0.325 e. The van der Waals surface area contributed by atoms with Crippen molar-refractivity contribution in [3.63, 3.8) is 0 Å². The molecule has 3 rings (SSSR count). The van der Waals surface area contributed by atoms with Crippen molar-refractivity contribution in [2.24, 2.45) is 0 Å². The summed E-state index contributed by atoms with van der Waals surface area (Å²) < 4.78 is 28.0. The van der Waals surface area contributed by atoms with Crippen molar-refractivity contribution in [1.82, 2.24) is 4.31 Å². The SMILES string of the molecule is Cc1ccc(Cl)cc1NC(=O)CN(C1CCCCC1)S(=O)(=O)c1ccc(Cl)cc1. The molecule has 0 heterocycles. The van der Waals surface area contributed by atoms with Gasteiger partial charge in [-0.15, -0.1) is 0 Å². The Hall–Kier alpha value is -1.60. The molecule has 0 unspecified atom stereocenters. The van der Waals surface area contributed by atoms with Gasteiger partial charge < -0.3 is 5.32 Å². The van der Waals surface area contributed by atoms with Gasteiger partial charge in [0, 0.05) is 21.8 Å². The van der Waals surface area contributed by atoms with Crippen molar-refractivity contribution >= 4 is 44.8 Å². The molecular formula is C21H24Cl2N2O3S.